The molecule has 0 amide bonds. The Bertz CT molecular complexity index is 2040. The van der Waals surface area contributed by atoms with E-state index >= 15 is 0 Å². The Labute approximate surface area is 289 Å². The van der Waals surface area contributed by atoms with Crippen molar-refractivity contribution in [3.05, 3.63) is 73.6 Å². The number of aromatic amines is 1. The predicted molar refractivity (Wildman–Crippen MR) is 191 cm³/mol. The Morgan fingerprint density at radius 1 is 0.700 bits per heavy atom. The van der Waals surface area contributed by atoms with Gasteiger partial charge in [-0.2, -0.15) is 0 Å². The number of nitrogens with one attached hydrogen (secondary N) is 3. The van der Waals surface area contributed by atoms with Crippen LogP contribution < -0.4 is 10.6 Å². The van der Waals surface area contributed by atoms with Crippen molar-refractivity contribution < 1.29 is 14.9 Å². The maximum atomic E-state index is 9.68. The molecule has 0 aromatic carbocycles. The summed E-state index contributed by atoms with van der Waals surface area (Å²) >= 11 is 0. The molecule has 6 aromatic rings. The van der Waals surface area contributed by atoms with Crippen LogP contribution in [0.2, 0.25) is 0 Å². The summed E-state index contributed by atoms with van der Waals surface area (Å²) in [5.74, 6) is 1.28. The van der Waals surface area contributed by atoms with E-state index in [2.05, 4.69) is 57.4 Å². The monoisotopic (exact) mass is 674 g/mol. The van der Waals surface area contributed by atoms with Crippen molar-refractivity contribution in [3.8, 4) is 22.5 Å². The number of aliphatic hydroxyl groups is 2. The zero-order valence-electron chi connectivity index (χ0n) is 27.8. The Kier molecular flexibility index (Phi) is 9.33. The molecule has 258 valence electrons. The zero-order chi connectivity index (χ0) is 33.9. The molecule has 3 fully saturated rings. The van der Waals surface area contributed by atoms with Gasteiger partial charge in [-0.25, -0.2) is 29.9 Å². The Morgan fingerprint density at radius 3 is 1.90 bits per heavy atom. The molecule has 5 N–H and O–H groups in total. The number of epoxide rings is 1. The quantitative estimate of drug-likeness (QED) is 0.132. The smallest absolute Gasteiger partial charge is 0.223 e. The van der Waals surface area contributed by atoms with Gasteiger partial charge < -0.3 is 35.1 Å². The van der Waals surface area contributed by atoms with E-state index in [-0.39, 0.29) is 12.2 Å². The van der Waals surface area contributed by atoms with Crippen LogP contribution in [0.4, 0.5) is 11.9 Å². The highest BCUT2D eigenvalue weighted by molar-refractivity contribution is 5.93. The van der Waals surface area contributed by atoms with Crippen LogP contribution in [0, 0.1) is 0 Å². The van der Waals surface area contributed by atoms with E-state index in [4.69, 9.17) is 9.72 Å². The van der Waals surface area contributed by atoms with Gasteiger partial charge in [-0.1, -0.05) is 0 Å². The summed E-state index contributed by atoms with van der Waals surface area (Å²) < 4.78 is 7.54. The number of aromatic nitrogens is 8. The first-order valence-electron chi connectivity index (χ1n) is 17.6. The molecule has 6 aromatic heterocycles. The molecule has 50 heavy (non-hydrogen) atoms. The van der Waals surface area contributed by atoms with Crippen LogP contribution in [0.1, 0.15) is 51.4 Å². The number of pyridine rings is 2. The van der Waals surface area contributed by atoms with E-state index in [1.165, 1.54) is 0 Å². The van der Waals surface area contributed by atoms with Crippen LogP contribution in [0.5, 0.6) is 0 Å². The van der Waals surface area contributed by atoms with E-state index in [1.807, 2.05) is 42.7 Å². The van der Waals surface area contributed by atoms with Crippen molar-refractivity contribution in [2.24, 2.45) is 0 Å². The topological polar surface area (TPSA) is 175 Å². The second-order valence-electron chi connectivity index (χ2n) is 13.5. The fourth-order valence-corrected chi connectivity index (χ4v) is 6.99. The van der Waals surface area contributed by atoms with Gasteiger partial charge in [0.1, 0.15) is 11.3 Å². The van der Waals surface area contributed by atoms with Crippen LogP contribution >= 0.6 is 0 Å². The minimum Gasteiger partial charge on any atom is -0.393 e. The maximum absolute atomic E-state index is 9.68. The molecule has 1 atom stereocenters. The van der Waals surface area contributed by atoms with Crippen LogP contribution in [-0.2, 0) is 11.3 Å². The molecule has 9 rings (SSSR count). The fourth-order valence-electron chi connectivity index (χ4n) is 6.99. The second-order valence-corrected chi connectivity index (χ2v) is 13.5. The second kappa shape index (κ2) is 14.5. The maximum Gasteiger partial charge on any atom is 0.223 e. The average Bonchev–Trinajstić information content (AvgIpc) is 3.75. The third kappa shape index (κ3) is 7.44. The van der Waals surface area contributed by atoms with E-state index in [0.717, 1.165) is 109 Å². The average molecular weight is 675 g/mol. The van der Waals surface area contributed by atoms with Gasteiger partial charge in [0, 0.05) is 71.2 Å². The summed E-state index contributed by atoms with van der Waals surface area (Å²) in [7, 11) is 0. The van der Waals surface area contributed by atoms with Gasteiger partial charge in [0.05, 0.1) is 42.9 Å². The number of ether oxygens (including phenoxy) is 1. The van der Waals surface area contributed by atoms with Gasteiger partial charge >= 0.3 is 0 Å². The van der Waals surface area contributed by atoms with Gasteiger partial charge in [0.25, 0.3) is 0 Å². The molecule has 0 bridgehead atoms. The minimum atomic E-state index is -0.163. The lowest BCUT2D eigenvalue weighted by Gasteiger charge is -2.26. The first-order chi connectivity index (χ1) is 24.6. The number of rotatable bonds is 8. The first-order valence-corrected chi connectivity index (χ1v) is 17.6. The van der Waals surface area contributed by atoms with Crippen LogP contribution in [0.25, 0.3) is 44.6 Å². The Hall–Kier alpha value is -4.98. The molecule has 7 heterocycles. The zero-order valence-corrected chi connectivity index (χ0v) is 27.8. The van der Waals surface area contributed by atoms with Crippen molar-refractivity contribution in [1.82, 2.24) is 39.5 Å². The largest absolute Gasteiger partial charge is 0.393 e. The van der Waals surface area contributed by atoms with E-state index in [0.29, 0.717) is 30.1 Å². The molecule has 0 spiro atoms. The number of fused-ring (bicyclic) bond motifs is 2. The van der Waals surface area contributed by atoms with E-state index < -0.39 is 0 Å². The van der Waals surface area contributed by atoms with Crippen LogP contribution in [-0.4, -0.2) is 86.7 Å². The predicted octanol–water partition coefficient (Wildman–Crippen LogP) is 5.34. The van der Waals surface area contributed by atoms with Gasteiger partial charge in [-0.3, -0.25) is 0 Å². The summed E-state index contributed by atoms with van der Waals surface area (Å²) in [6.45, 7) is 1.63. The third-order valence-corrected chi connectivity index (χ3v) is 9.81. The van der Waals surface area contributed by atoms with Gasteiger partial charge in [0.2, 0.25) is 11.9 Å². The molecule has 1 aliphatic heterocycles. The van der Waals surface area contributed by atoms with Crippen molar-refractivity contribution in [2.75, 3.05) is 17.2 Å². The van der Waals surface area contributed by atoms with Gasteiger partial charge in [0.15, 0.2) is 0 Å². The molecule has 3 aliphatic rings. The number of aliphatic hydroxyl groups excluding tert-OH is 2. The highest BCUT2D eigenvalue weighted by Gasteiger charge is 2.25. The van der Waals surface area contributed by atoms with Crippen LogP contribution in [0.15, 0.2) is 73.6 Å². The highest BCUT2D eigenvalue weighted by Crippen LogP contribution is 2.31. The molecular formula is C37H42N10O3. The molecule has 2 saturated carbocycles. The van der Waals surface area contributed by atoms with Gasteiger partial charge in [-0.05, 0) is 87.8 Å². The molecule has 13 heteroatoms. The standard InChI is InChI=1S/C20H23N5O2.C17H19N5O/c26-14-5-3-13(4-6-14)23-20-22-9-7-18(24-20)17-11-25(10-15-12-27-15)19-16(17)2-1-8-21-19;23-12-5-3-11(4-6-12)21-17-19-9-7-15(22-17)14-10-20-16-13(14)2-1-8-18-16/h1-2,7-9,11,13-15,26H,3-6,10,12H2,(H,22,23,24);1-2,7-12,23H,3-6H2,(H,18,20)(H,19,21,22). The summed E-state index contributed by atoms with van der Waals surface area (Å²) in [4.78, 5) is 30.2. The fraction of sp³-hybridized carbons (Fsp3) is 0.405. The number of anilines is 2. The van der Waals surface area contributed by atoms with Crippen molar-refractivity contribution in [2.45, 2.75) is 88.3 Å². The first kappa shape index (κ1) is 32.2. The minimum absolute atomic E-state index is 0.154. The number of hydrogen-bond acceptors (Lipinski definition) is 11. The number of nitrogens with zero attached hydrogens (tertiary/aromatic N) is 7. The van der Waals surface area contributed by atoms with Gasteiger partial charge in [-0.15, -0.1) is 0 Å². The normalized spacial score (nSPS) is 23.3. The number of hydrogen-bond donors (Lipinski definition) is 5. The summed E-state index contributed by atoms with van der Waals surface area (Å²) in [5.41, 5.74) is 5.66. The number of H-pyrrole nitrogens is 1. The van der Waals surface area contributed by atoms with Crippen LogP contribution in [0.3, 0.4) is 0 Å². The Balaban J connectivity index is 0.000000146. The van der Waals surface area contributed by atoms with Crippen molar-refractivity contribution >= 4 is 34.0 Å². The highest BCUT2D eigenvalue weighted by atomic mass is 16.6. The van der Waals surface area contributed by atoms with Crippen molar-refractivity contribution in [1.29, 1.82) is 0 Å². The lowest BCUT2D eigenvalue weighted by atomic mass is 9.93. The van der Waals surface area contributed by atoms with E-state index in [1.54, 1.807) is 18.6 Å². The molecule has 0 radical (unpaired) electrons. The lowest BCUT2D eigenvalue weighted by Crippen LogP contribution is -2.28. The molecular weight excluding hydrogens is 632 g/mol. The summed E-state index contributed by atoms with van der Waals surface area (Å²) in [6, 6.07) is 12.5. The molecule has 1 unspecified atom stereocenters. The summed E-state index contributed by atoms with van der Waals surface area (Å²) in [6.07, 6.45) is 18.3. The lowest BCUT2D eigenvalue weighted by molar-refractivity contribution is 0.125. The van der Waals surface area contributed by atoms with Crippen molar-refractivity contribution in [3.63, 3.8) is 0 Å². The Morgan fingerprint density at radius 2 is 1.28 bits per heavy atom. The summed E-state index contributed by atoms with van der Waals surface area (Å²) in [5, 5.41) is 28.2. The van der Waals surface area contributed by atoms with E-state index in [9.17, 15) is 10.2 Å². The SMILES string of the molecule is OC1CCC(Nc2nccc(-c3c[nH]c4ncccc34)n2)CC1.OC1CCC(Nc2nccc(-c3cn(CC4CO4)c4ncccc34)n2)CC1. The molecule has 2 aliphatic carbocycles. The third-order valence-electron chi connectivity index (χ3n) is 9.81. The molecule has 13 nitrogen and oxygen atoms in total. The molecule has 1 saturated heterocycles.